The van der Waals surface area contributed by atoms with Crippen LogP contribution >= 0.6 is 11.8 Å². The maximum absolute atomic E-state index is 10.9. The average Bonchev–Trinajstić information content (AvgIpc) is 2.74. The van der Waals surface area contributed by atoms with Gasteiger partial charge in [-0.25, -0.2) is 8.42 Å². The summed E-state index contributed by atoms with van der Waals surface area (Å²) in [7, 11) is -4.17. The van der Waals surface area contributed by atoms with E-state index in [1.165, 1.54) is 0 Å². The van der Waals surface area contributed by atoms with Crippen LogP contribution in [0.1, 0.15) is 24.5 Å². The van der Waals surface area contributed by atoms with Gasteiger partial charge in [-0.2, -0.15) is 0 Å². The summed E-state index contributed by atoms with van der Waals surface area (Å²) in [4.78, 5) is 3.39. The zero-order chi connectivity index (χ0) is 21.1. The Balaban J connectivity index is 0.00000272. The standard InChI is InChI=1S/C24H23NO3S2.Na/c1-18(29-16-9-17-30(26,27)28)24-20-12-5-7-14-22(20)25(19-10-3-2-4-11-19)23-15-8-6-13-21(23)24;/h2-8,10-15H,9,16-17H2,1H3,(H,26,27,28);/q;+1/p-1. The molecule has 0 atom stereocenters. The summed E-state index contributed by atoms with van der Waals surface area (Å²) in [6, 6.07) is 27.0. The molecule has 0 aromatic heterocycles. The van der Waals surface area contributed by atoms with Crippen LogP contribution in [0.15, 0.2) is 83.8 Å². The zero-order valence-electron chi connectivity index (χ0n) is 17.6. The van der Waals surface area contributed by atoms with E-state index in [1.807, 2.05) is 42.5 Å². The molecule has 0 fully saturated rings. The van der Waals surface area contributed by atoms with Gasteiger partial charge in [-0.05, 0) is 48.3 Å². The van der Waals surface area contributed by atoms with Crippen molar-refractivity contribution in [3.63, 3.8) is 0 Å². The number of nitrogens with zero attached hydrogens (tertiary/aromatic N) is 1. The van der Waals surface area contributed by atoms with Crippen molar-refractivity contribution in [3.8, 4) is 0 Å². The molecule has 3 aromatic rings. The first-order chi connectivity index (χ1) is 14.5. The van der Waals surface area contributed by atoms with E-state index in [0.29, 0.717) is 12.2 Å². The summed E-state index contributed by atoms with van der Waals surface area (Å²) in [5, 5.41) is 0. The molecule has 1 aliphatic heterocycles. The van der Waals surface area contributed by atoms with Gasteiger partial charge in [-0.3, -0.25) is 0 Å². The topological polar surface area (TPSA) is 60.4 Å². The maximum Gasteiger partial charge on any atom is 1.00 e. The fourth-order valence-electron chi connectivity index (χ4n) is 3.80. The minimum Gasteiger partial charge on any atom is -0.748 e. The summed E-state index contributed by atoms with van der Waals surface area (Å²) in [6.07, 6.45) is 0.348. The Labute approximate surface area is 210 Å². The van der Waals surface area contributed by atoms with Crippen molar-refractivity contribution in [1.29, 1.82) is 0 Å². The van der Waals surface area contributed by atoms with Gasteiger partial charge in [-0.15, -0.1) is 11.8 Å². The van der Waals surface area contributed by atoms with E-state index >= 15 is 0 Å². The molecule has 154 valence electrons. The fourth-order valence-corrected chi connectivity index (χ4v) is 5.44. The number of benzene rings is 3. The molecule has 0 saturated carbocycles. The van der Waals surface area contributed by atoms with Crippen molar-refractivity contribution in [2.75, 3.05) is 16.4 Å². The first-order valence-corrected chi connectivity index (χ1v) is 12.3. The predicted molar refractivity (Wildman–Crippen MR) is 124 cm³/mol. The number of rotatable bonds is 6. The van der Waals surface area contributed by atoms with Gasteiger partial charge in [0.05, 0.1) is 21.5 Å². The summed E-state index contributed by atoms with van der Waals surface area (Å²) >= 11 is 1.61. The Hall–Kier alpha value is -1.54. The average molecular weight is 460 g/mol. The minimum absolute atomic E-state index is 0. The van der Waals surface area contributed by atoms with E-state index in [2.05, 4.69) is 48.2 Å². The molecule has 31 heavy (non-hydrogen) atoms. The molecule has 0 aliphatic carbocycles. The molecule has 0 unspecified atom stereocenters. The quantitative estimate of drug-likeness (QED) is 0.252. The van der Waals surface area contributed by atoms with Crippen LogP contribution in [0.3, 0.4) is 0 Å². The third-order valence-electron chi connectivity index (χ3n) is 5.05. The third kappa shape index (κ3) is 5.45. The molecular formula is C24H22NNaO3S2. The van der Waals surface area contributed by atoms with Crippen LogP contribution in [-0.4, -0.2) is 24.5 Å². The number of hydrogen-bond acceptors (Lipinski definition) is 5. The van der Waals surface area contributed by atoms with E-state index in [1.54, 1.807) is 11.8 Å². The van der Waals surface area contributed by atoms with Crippen molar-refractivity contribution in [2.24, 2.45) is 0 Å². The number of thioether (sulfide) groups is 1. The first kappa shape index (κ1) is 24.1. The van der Waals surface area contributed by atoms with Crippen LogP contribution in [0.25, 0.3) is 5.57 Å². The summed E-state index contributed by atoms with van der Waals surface area (Å²) in [5.41, 5.74) is 6.76. The van der Waals surface area contributed by atoms with Crippen LogP contribution in [0.2, 0.25) is 0 Å². The number of para-hydroxylation sites is 3. The van der Waals surface area contributed by atoms with Crippen molar-refractivity contribution in [2.45, 2.75) is 13.3 Å². The summed E-state index contributed by atoms with van der Waals surface area (Å²) < 4.78 is 32.7. The summed E-state index contributed by atoms with van der Waals surface area (Å²) in [5.74, 6) is 0.265. The van der Waals surface area contributed by atoms with E-state index in [0.717, 1.165) is 38.7 Å². The molecule has 7 heteroatoms. The summed E-state index contributed by atoms with van der Waals surface area (Å²) in [6.45, 7) is 2.07. The Bertz CT molecular complexity index is 1140. The predicted octanol–water partition coefficient (Wildman–Crippen LogP) is 2.92. The number of anilines is 3. The molecule has 0 bridgehead atoms. The zero-order valence-corrected chi connectivity index (χ0v) is 21.2. The van der Waals surface area contributed by atoms with Gasteiger partial charge in [0.25, 0.3) is 0 Å². The molecule has 0 N–H and O–H groups in total. The molecule has 0 radical (unpaired) electrons. The molecule has 1 heterocycles. The molecular weight excluding hydrogens is 437 g/mol. The molecule has 3 aromatic carbocycles. The molecule has 0 saturated heterocycles. The van der Waals surface area contributed by atoms with Crippen LogP contribution in [0, 0.1) is 0 Å². The van der Waals surface area contributed by atoms with Crippen LogP contribution in [-0.2, 0) is 10.1 Å². The molecule has 4 rings (SSSR count). The molecule has 1 aliphatic rings. The van der Waals surface area contributed by atoms with Crippen molar-refractivity contribution < 1.29 is 42.5 Å². The maximum atomic E-state index is 10.9. The van der Waals surface area contributed by atoms with Gasteiger partial charge < -0.3 is 9.45 Å². The minimum atomic E-state index is -4.17. The van der Waals surface area contributed by atoms with Crippen molar-refractivity contribution >= 4 is 44.5 Å². The van der Waals surface area contributed by atoms with E-state index in [-0.39, 0.29) is 35.3 Å². The van der Waals surface area contributed by atoms with Gasteiger partial charge in [-0.1, -0.05) is 54.6 Å². The molecule has 0 spiro atoms. The molecule has 0 amide bonds. The normalized spacial score (nSPS) is 12.6. The van der Waals surface area contributed by atoms with Crippen molar-refractivity contribution in [3.05, 3.63) is 94.9 Å². The van der Waals surface area contributed by atoms with Crippen molar-refractivity contribution in [1.82, 2.24) is 0 Å². The fraction of sp³-hybridized carbons (Fsp3) is 0.167. The third-order valence-corrected chi connectivity index (χ3v) is 6.97. The number of fused-ring (bicyclic) bond motifs is 2. The SMILES string of the molecule is CC(SCCCS(=O)(=O)[O-])=C1c2ccccc2N(c2ccccc2)c2ccccc21.[Na+]. The van der Waals surface area contributed by atoms with Crippen LogP contribution in [0.4, 0.5) is 17.1 Å². The monoisotopic (exact) mass is 459 g/mol. The van der Waals surface area contributed by atoms with E-state index in [4.69, 9.17) is 0 Å². The number of allylic oxidation sites excluding steroid dienone is 1. The van der Waals surface area contributed by atoms with Crippen LogP contribution in [0.5, 0.6) is 0 Å². The number of hydrogen-bond donors (Lipinski definition) is 0. The van der Waals surface area contributed by atoms with Gasteiger partial charge >= 0.3 is 29.6 Å². The van der Waals surface area contributed by atoms with Gasteiger partial charge in [0, 0.05) is 28.1 Å². The Kier molecular flexibility index (Phi) is 8.08. The Morgan fingerprint density at radius 2 is 1.39 bits per heavy atom. The Morgan fingerprint density at radius 1 is 0.871 bits per heavy atom. The molecule has 4 nitrogen and oxygen atoms in total. The van der Waals surface area contributed by atoms with Gasteiger partial charge in [0.1, 0.15) is 0 Å². The van der Waals surface area contributed by atoms with Gasteiger partial charge in [0.2, 0.25) is 0 Å². The largest absolute Gasteiger partial charge is 1.00 e. The second kappa shape index (κ2) is 10.4. The van der Waals surface area contributed by atoms with E-state index in [9.17, 15) is 13.0 Å². The van der Waals surface area contributed by atoms with Crippen LogP contribution < -0.4 is 34.5 Å². The smallest absolute Gasteiger partial charge is 0.748 e. The second-order valence-electron chi connectivity index (χ2n) is 7.10. The van der Waals surface area contributed by atoms with Gasteiger partial charge in [0.15, 0.2) is 0 Å². The first-order valence-electron chi connectivity index (χ1n) is 9.77. The second-order valence-corrected chi connectivity index (χ2v) is 9.93. The Morgan fingerprint density at radius 3 is 1.94 bits per heavy atom. The van der Waals surface area contributed by atoms with E-state index < -0.39 is 10.1 Å².